The first-order valence-corrected chi connectivity index (χ1v) is 7.45. The molecule has 116 valence electrons. The first-order chi connectivity index (χ1) is 10.5. The first-order valence-electron chi connectivity index (χ1n) is 7.07. The van der Waals surface area contributed by atoms with Crippen molar-refractivity contribution in [2.75, 3.05) is 0 Å². The maximum Gasteiger partial charge on any atom is 0.254 e. The number of hydrogen-bond donors (Lipinski definition) is 3. The Balaban J connectivity index is 2.09. The fraction of sp³-hybridized carbons (Fsp3) is 0.333. The van der Waals surface area contributed by atoms with E-state index < -0.39 is 5.91 Å². The summed E-state index contributed by atoms with van der Waals surface area (Å²) in [4.78, 5) is 15.5. The third-order valence-corrected chi connectivity index (χ3v) is 4.06. The first kappa shape index (κ1) is 14.7. The summed E-state index contributed by atoms with van der Waals surface area (Å²) in [5.41, 5.74) is 11.2. The number of carbonyl (C=O) groups excluding carboxylic acids is 1. The van der Waals surface area contributed by atoms with E-state index in [0.29, 0.717) is 28.6 Å². The summed E-state index contributed by atoms with van der Waals surface area (Å²) >= 11 is 6.05. The second-order valence-corrected chi connectivity index (χ2v) is 6.06. The maximum absolute atomic E-state index is 11.9. The Morgan fingerprint density at radius 1 is 1.36 bits per heavy atom. The van der Waals surface area contributed by atoms with E-state index in [1.807, 2.05) is 0 Å². The fourth-order valence-electron chi connectivity index (χ4n) is 2.64. The Morgan fingerprint density at radius 2 is 2.09 bits per heavy atom. The van der Waals surface area contributed by atoms with Crippen LogP contribution in [0.4, 0.5) is 0 Å². The van der Waals surface area contributed by atoms with Crippen LogP contribution in [0.1, 0.15) is 18.5 Å². The molecule has 7 heteroatoms. The molecule has 0 saturated heterocycles. The second-order valence-electron chi connectivity index (χ2n) is 5.62. The van der Waals surface area contributed by atoms with Gasteiger partial charge in [-0.1, -0.05) is 11.6 Å². The highest BCUT2D eigenvalue weighted by molar-refractivity contribution is 6.31. The van der Waals surface area contributed by atoms with E-state index in [0.717, 1.165) is 18.2 Å². The summed E-state index contributed by atoms with van der Waals surface area (Å²) in [5.74, 6) is -0.0144. The molecule has 0 atom stereocenters. The SMILES string of the molecule is NC(N)=NC(=O)Cc1c2cc(Cl)ccc2c(O)n1CC1CC1. The van der Waals surface area contributed by atoms with E-state index in [-0.39, 0.29) is 18.3 Å². The van der Waals surface area contributed by atoms with Crippen LogP contribution in [-0.2, 0) is 17.8 Å². The van der Waals surface area contributed by atoms with Crippen LogP contribution in [0.5, 0.6) is 5.88 Å². The van der Waals surface area contributed by atoms with Gasteiger partial charge in [0.2, 0.25) is 0 Å². The number of benzene rings is 1. The van der Waals surface area contributed by atoms with Crippen LogP contribution in [-0.4, -0.2) is 21.5 Å². The molecule has 1 saturated carbocycles. The third-order valence-electron chi connectivity index (χ3n) is 3.83. The van der Waals surface area contributed by atoms with Crippen molar-refractivity contribution in [2.45, 2.75) is 25.8 Å². The zero-order valence-electron chi connectivity index (χ0n) is 11.9. The summed E-state index contributed by atoms with van der Waals surface area (Å²) < 4.78 is 1.78. The van der Waals surface area contributed by atoms with Crippen molar-refractivity contribution >= 4 is 34.2 Å². The van der Waals surface area contributed by atoms with Gasteiger partial charge in [-0.15, -0.1) is 0 Å². The molecular formula is C15H17ClN4O2. The number of hydrogen-bond acceptors (Lipinski definition) is 2. The lowest BCUT2D eigenvalue weighted by atomic mass is 10.1. The van der Waals surface area contributed by atoms with Gasteiger partial charge in [0, 0.05) is 28.0 Å². The Bertz CT molecular complexity index is 773. The molecule has 0 bridgehead atoms. The van der Waals surface area contributed by atoms with Crippen LogP contribution >= 0.6 is 11.6 Å². The lowest BCUT2D eigenvalue weighted by Gasteiger charge is -2.09. The average Bonchev–Trinajstić information content (AvgIpc) is 3.21. The van der Waals surface area contributed by atoms with Gasteiger partial charge in [0.25, 0.3) is 5.91 Å². The molecule has 1 amide bonds. The van der Waals surface area contributed by atoms with Crippen molar-refractivity contribution in [1.29, 1.82) is 0 Å². The van der Waals surface area contributed by atoms with Crippen molar-refractivity contribution in [3.63, 3.8) is 0 Å². The summed E-state index contributed by atoms with van der Waals surface area (Å²) in [6, 6.07) is 5.22. The smallest absolute Gasteiger partial charge is 0.254 e. The number of amides is 1. The van der Waals surface area contributed by atoms with E-state index in [1.165, 1.54) is 0 Å². The highest BCUT2D eigenvalue weighted by atomic mass is 35.5. The molecule has 0 aliphatic heterocycles. The minimum absolute atomic E-state index is 0.0159. The van der Waals surface area contributed by atoms with E-state index in [9.17, 15) is 9.90 Å². The van der Waals surface area contributed by atoms with Crippen LogP contribution in [0, 0.1) is 5.92 Å². The molecular weight excluding hydrogens is 304 g/mol. The van der Waals surface area contributed by atoms with Crippen LogP contribution in [0.15, 0.2) is 23.2 Å². The van der Waals surface area contributed by atoms with E-state index in [1.54, 1.807) is 22.8 Å². The van der Waals surface area contributed by atoms with Gasteiger partial charge in [-0.3, -0.25) is 4.79 Å². The lowest BCUT2D eigenvalue weighted by Crippen LogP contribution is -2.24. The van der Waals surface area contributed by atoms with Gasteiger partial charge in [0.05, 0.1) is 6.42 Å². The number of carbonyl (C=O) groups is 1. The normalized spacial score (nSPS) is 14.2. The Morgan fingerprint density at radius 3 is 2.73 bits per heavy atom. The molecule has 6 nitrogen and oxygen atoms in total. The Hall–Kier alpha value is -2.21. The van der Waals surface area contributed by atoms with E-state index in [4.69, 9.17) is 23.1 Å². The average molecular weight is 321 g/mol. The molecule has 1 aliphatic carbocycles. The largest absolute Gasteiger partial charge is 0.494 e. The molecule has 1 aromatic carbocycles. The number of aromatic hydroxyl groups is 1. The second kappa shape index (κ2) is 5.53. The zero-order valence-corrected chi connectivity index (χ0v) is 12.7. The molecule has 0 spiro atoms. The summed E-state index contributed by atoms with van der Waals surface area (Å²) in [6.07, 6.45) is 2.29. The highest BCUT2D eigenvalue weighted by Gasteiger charge is 2.26. The highest BCUT2D eigenvalue weighted by Crippen LogP contribution is 2.38. The lowest BCUT2D eigenvalue weighted by molar-refractivity contribution is -0.117. The zero-order chi connectivity index (χ0) is 15.9. The number of nitrogens with two attached hydrogens (primary N) is 2. The van der Waals surface area contributed by atoms with Crippen molar-refractivity contribution in [3.8, 4) is 5.88 Å². The molecule has 1 heterocycles. The van der Waals surface area contributed by atoms with Crippen LogP contribution < -0.4 is 11.5 Å². The fourth-order valence-corrected chi connectivity index (χ4v) is 2.81. The van der Waals surface area contributed by atoms with Crippen molar-refractivity contribution in [1.82, 2.24) is 4.57 Å². The Kier molecular flexibility index (Phi) is 3.70. The number of aliphatic imine (C=N–C) groups is 1. The number of fused-ring (bicyclic) bond motifs is 1. The van der Waals surface area contributed by atoms with Gasteiger partial charge < -0.3 is 21.1 Å². The monoisotopic (exact) mass is 320 g/mol. The van der Waals surface area contributed by atoms with Crippen LogP contribution in [0.25, 0.3) is 10.8 Å². The van der Waals surface area contributed by atoms with E-state index in [2.05, 4.69) is 4.99 Å². The summed E-state index contributed by atoms with van der Waals surface area (Å²) in [6.45, 7) is 0.683. The molecule has 1 aliphatic rings. The van der Waals surface area contributed by atoms with E-state index >= 15 is 0 Å². The minimum atomic E-state index is -0.448. The summed E-state index contributed by atoms with van der Waals surface area (Å²) in [5, 5.41) is 12.4. The number of aromatic nitrogens is 1. The van der Waals surface area contributed by atoms with Gasteiger partial charge >= 0.3 is 0 Å². The number of guanidine groups is 1. The number of nitrogens with zero attached hydrogens (tertiary/aromatic N) is 2. The van der Waals surface area contributed by atoms with Crippen molar-refractivity contribution in [3.05, 3.63) is 28.9 Å². The number of halogens is 1. The maximum atomic E-state index is 11.9. The minimum Gasteiger partial charge on any atom is -0.494 e. The molecule has 1 fully saturated rings. The van der Waals surface area contributed by atoms with Gasteiger partial charge in [-0.2, -0.15) is 4.99 Å². The van der Waals surface area contributed by atoms with Gasteiger partial charge in [0.15, 0.2) is 11.8 Å². The predicted molar refractivity (Wildman–Crippen MR) is 85.9 cm³/mol. The van der Waals surface area contributed by atoms with Gasteiger partial charge in [-0.25, -0.2) is 0 Å². The Labute approximate surface area is 132 Å². The molecule has 0 radical (unpaired) electrons. The molecule has 5 N–H and O–H groups in total. The van der Waals surface area contributed by atoms with Crippen molar-refractivity contribution < 1.29 is 9.90 Å². The molecule has 0 unspecified atom stereocenters. The van der Waals surface area contributed by atoms with Gasteiger partial charge in [-0.05, 0) is 37.0 Å². The molecule has 3 rings (SSSR count). The quantitative estimate of drug-likeness (QED) is 0.589. The van der Waals surface area contributed by atoms with Crippen molar-refractivity contribution in [2.24, 2.45) is 22.4 Å². The number of rotatable bonds is 4. The van der Waals surface area contributed by atoms with Crippen LogP contribution in [0.2, 0.25) is 5.02 Å². The molecule has 2 aromatic rings. The molecule has 22 heavy (non-hydrogen) atoms. The summed E-state index contributed by atoms with van der Waals surface area (Å²) in [7, 11) is 0. The topological polar surface area (TPSA) is 107 Å². The third kappa shape index (κ3) is 2.87. The molecule has 1 aromatic heterocycles. The van der Waals surface area contributed by atoms with Gasteiger partial charge in [0.1, 0.15) is 0 Å². The predicted octanol–water partition coefficient (Wildman–Crippen LogP) is 1.75. The standard InChI is InChI=1S/C15H17ClN4O2/c16-9-3-4-10-11(5-9)12(6-13(21)19-15(17)18)20(14(10)22)7-8-1-2-8/h3-5,8,22H,1-2,6-7H2,(H4,17,18,19,21). The van der Waals surface area contributed by atoms with Crippen LogP contribution in [0.3, 0.4) is 0 Å².